The maximum Gasteiger partial charge on any atom is 0.342 e. The van der Waals surface area contributed by atoms with Crippen LogP contribution in [0.25, 0.3) is 0 Å². The number of esters is 2. The van der Waals surface area contributed by atoms with Crippen LogP contribution in [0.1, 0.15) is 12.8 Å². The fourth-order valence-corrected chi connectivity index (χ4v) is 2.81. The normalized spacial score (nSPS) is 42.1. The third-order valence-corrected chi connectivity index (χ3v) is 3.90. The van der Waals surface area contributed by atoms with Crippen molar-refractivity contribution in [1.82, 2.24) is 4.90 Å². The van der Waals surface area contributed by atoms with E-state index in [1.165, 1.54) is 4.90 Å². The summed E-state index contributed by atoms with van der Waals surface area (Å²) in [4.78, 5) is 36.9. The van der Waals surface area contributed by atoms with Crippen LogP contribution in [0.2, 0.25) is 0 Å². The van der Waals surface area contributed by atoms with Gasteiger partial charge >= 0.3 is 23.6 Å². The van der Waals surface area contributed by atoms with Crippen LogP contribution in [0.3, 0.4) is 0 Å². The summed E-state index contributed by atoms with van der Waals surface area (Å²) >= 11 is 0. The Hall–Kier alpha value is -1.67. The van der Waals surface area contributed by atoms with E-state index in [1.54, 1.807) is 0 Å². The van der Waals surface area contributed by atoms with E-state index in [1.807, 2.05) is 0 Å². The fraction of sp³-hybridized carbons (Fsp3) is 0.727. The number of carbonyl (C=O) groups excluding carboxylic acids is 3. The van der Waals surface area contributed by atoms with E-state index in [0.717, 1.165) is 0 Å². The summed E-state index contributed by atoms with van der Waals surface area (Å²) in [6.07, 6.45) is -2.98. The van der Waals surface area contributed by atoms with Crippen LogP contribution in [0.5, 0.6) is 0 Å². The van der Waals surface area contributed by atoms with Gasteiger partial charge in [0.15, 0.2) is 12.2 Å². The van der Waals surface area contributed by atoms with E-state index < -0.39 is 41.8 Å². The van der Waals surface area contributed by atoms with E-state index in [9.17, 15) is 24.6 Å². The molecule has 4 aliphatic rings. The topological polar surface area (TPSA) is 113 Å². The highest BCUT2D eigenvalue weighted by molar-refractivity contribution is 5.95. The van der Waals surface area contributed by atoms with Crippen molar-refractivity contribution in [1.29, 1.82) is 0 Å². The Labute approximate surface area is 107 Å². The van der Waals surface area contributed by atoms with Crippen LogP contribution >= 0.6 is 0 Å². The monoisotopic (exact) mass is 271 g/mol. The molecule has 0 aromatic heterocycles. The third-order valence-electron chi connectivity index (χ3n) is 3.90. The van der Waals surface area contributed by atoms with Crippen molar-refractivity contribution in [2.24, 2.45) is 5.92 Å². The molecule has 4 fully saturated rings. The van der Waals surface area contributed by atoms with Gasteiger partial charge in [0.2, 0.25) is 0 Å². The van der Waals surface area contributed by atoms with Crippen LogP contribution in [-0.4, -0.2) is 64.0 Å². The summed E-state index contributed by atoms with van der Waals surface area (Å²) in [5, 5.41) is 18.8. The van der Waals surface area contributed by atoms with Gasteiger partial charge in [-0.15, -0.1) is 0 Å². The zero-order valence-corrected chi connectivity index (χ0v) is 9.94. The number of nitrogens with zero attached hydrogens (tertiary/aromatic N) is 1. The SMILES string of the molecule is O=C1OC2(OC(=O)C(O)C1O)C(=O)N1CCC2CC1. The van der Waals surface area contributed by atoms with Crippen LogP contribution in [0.15, 0.2) is 0 Å². The first-order valence-corrected chi connectivity index (χ1v) is 6.07. The predicted octanol–water partition coefficient (Wildman–Crippen LogP) is -2.24. The molecule has 1 amide bonds. The molecule has 4 saturated heterocycles. The highest BCUT2D eigenvalue weighted by Gasteiger charge is 2.63. The molecular formula is C11H13NO7. The van der Waals surface area contributed by atoms with Gasteiger partial charge in [0.25, 0.3) is 0 Å². The van der Waals surface area contributed by atoms with Gasteiger partial charge in [0.05, 0.1) is 0 Å². The fourth-order valence-electron chi connectivity index (χ4n) is 2.81. The summed E-state index contributed by atoms with van der Waals surface area (Å²) < 4.78 is 9.91. The summed E-state index contributed by atoms with van der Waals surface area (Å²) in [7, 11) is 0. The minimum atomic E-state index is -2.03. The number of piperidine rings is 3. The van der Waals surface area contributed by atoms with Crippen molar-refractivity contribution in [2.75, 3.05) is 13.1 Å². The predicted molar refractivity (Wildman–Crippen MR) is 56.2 cm³/mol. The molecule has 4 aliphatic heterocycles. The Balaban J connectivity index is 2.01. The molecule has 8 nitrogen and oxygen atoms in total. The largest absolute Gasteiger partial charge is 0.411 e. The Bertz CT molecular complexity index is 432. The number of ether oxygens (including phenoxy) is 2. The minimum Gasteiger partial charge on any atom is -0.411 e. The molecular weight excluding hydrogens is 258 g/mol. The van der Waals surface area contributed by atoms with E-state index >= 15 is 0 Å². The Morgan fingerprint density at radius 2 is 1.47 bits per heavy atom. The van der Waals surface area contributed by atoms with Gasteiger partial charge in [0, 0.05) is 19.0 Å². The first-order valence-electron chi connectivity index (χ1n) is 6.07. The first-order chi connectivity index (χ1) is 8.95. The highest BCUT2D eigenvalue weighted by Crippen LogP contribution is 2.41. The second kappa shape index (κ2) is 3.91. The molecule has 8 heteroatoms. The molecule has 1 spiro atoms. The number of rotatable bonds is 0. The molecule has 2 N–H and O–H groups in total. The number of carbonyl (C=O) groups is 3. The van der Waals surface area contributed by atoms with E-state index in [4.69, 9.17) is 9.47 Å². The second-order valence-electron chi connectivity index (χ2n) is 4.97. The number of hydrogen-bond acceptors (Lipinski definition) is 7. The lowest BCUT2D eigenvalue weighted by Crippen LogP contribution is -2.66. The number of fused-ring (bicyclic) bond motifs is 2. The van der Waals surface area contributed by atoms with E-state index in [0.29, 0.717) is 25.9 Å². The maximum absolute atomic E-state index is 12.2. The smallest absolute Gasteiger partial charge is 0.342 e. The summed E-state index contributed by atoms with van der Waals surface area (Å²) in [5.41, 5.74) is 0. The zero-order valence-electron chi connectivity index (χ0n) is 9.94. The van der Waals surface area contributed by atoms with Crippen LogP contribution < -0.4 is 0 Å². The number of aliphatic hydroxyl groups is 2. The van der Waals surface area contributed by atoms with Crippen molar-refractivity contribution in [2.45, 2.75) is 30.8 Å². The summed E-state index contributed by atoms with van der Waals surface area (Å²) in [6, 6.07) is 0. The zero-order chi connectivity index (χ0) is 13.8. The maximum atomic E-state index is 12.2. The number of amides is 1. The molecule has 0 aliphatic carbocycles. The molecule has 0 radical (unpaired) electrons. The minimum absolute atomic E-state index is 0.435. The first kappa shape index (κ1) is 12.4. The second-order valence-corrected chi connectivity index (χ2v) is 4.97. The average Bonchev–Trinajstić information content (AvgIpc) is 2.49. The van der Waals surface area contributed by atoms with Crippen LogP contribution in [0.4, 0.5) is 0 Å². The van der Waals surface area contributed by atoms with Crippen molar-refractivity contribution in [3.05, 3.63) is 0 Å². The van der Waals surface area contributed by atoms with E-state index in [2.05, 4.69) is 0 Å². The quantitative estimate of drug-likeness (QED) is 0.479. The van der Waals surface area contributed by atoms with Gasteiger partial charge < -0.3 is 24.6 Å². The Morgan fingerprint density at radius 3 is 1.89 bits per heavy atom. The van der Waals surface area contributed by atoms with Gasteiger partial charge in [-0.1, -0.05) is 0 Å². The van der Waals surface area contributed by atoms with Gasteiger partial charge in [0.1, 0.15) is 0 Å². The molecule has 2 bridgehead atoms. The molecule has 104 valence electrons. The van der Waals surface area contributed by atoms with Crippen LogP contribution in [-0.2, 0) is 23.9 Å². The molecule has 19 heavy (non-hydrogen) atoms. The van der Waals surface area contributed by atoms with Crippen LogP contribution in [0, 0.1) is 5.92 Å². The lowest BCUT2D eigenvalue weighted by molar-refractivity contribution is -0.261. The van der Waals surface area contributed by atoms with Crippen molar-refractivity contribution in [3.8, 4) is 0 Å². The van der Waals surface area contributed by atoms with Gasteiger partial charge in [-0.2, -0.15) is 0 Å². The van der Waals surface area contributed by atoms with Crippen molar-refractivity contribution in [3.63, 3.8) is 0 Å². The Kier molecular flexibility index (Phi) is 2.55. The van der Waals surface area contributed by atoms with E-state index in [-0.39, 0.29) is 0 Å². The highest BCUT2D eigenvalue weighted by atomic mass is 16.8. The van der Waals surface area contributed by atoms with Crippen molar-refractivity contribution >= 4 is 17.8 Å². The standard InChI is InChI=1S/C11H13NO7/c13-6-7(14)9(16)19-11(18-8(6)15)5-1-3-12(4-2-5)10(11)17/h5-7,13-14H,1-4H2. The average molecular weight is 271 g/mol. The Morgan fingerprint density at radius 1 is 1.00 bits per heavy atom. The number of hydrogen-bond donors (Lipinski definition) is 2. The third kappa shape index (κ3) is 1.56. The molecule has 0 aromatic rings. The molecule has 4 heterocycles. The summed E-state index contributed by atoms with van der Waals surface area (Å²) in [5.74, 6) is -5.49. The lowest BCUT2D eigenvalue weighted by atomic mass is 9.82. The summed E-state index contributed by atoms with van der Waals surface area (Å²) in [6.45, 7) is 1.04. The molecule has 2 unspecified atom stereocenters. The lowest BCUT2D eigenvalue weighted by Gasteiger charge is -2.48. The molecule has 0 aromatic carbocycles. The molecule has 0 saturated carbocycles. The van der Waals surface area contributed by atoms with Gasteiger partial charge in [-0.3, -0.25) is 4.79 Å². The molecule has 2 atom stereocenters. The van der Waals surface area contributed by atoms with Crippen molar-refractivity contribution < 1.29 is 34.1 Å². The molecule has 4 rings (SSSR count). The number of aliphatic hydroxyl groups excluding tert-OH is 2. The van der Waals surface area contributed by atoms with Gasteiger partial charge in [-0.05, 0) is 12.8 Å². The van der Waals surface area contributed by atoms with Gasteiger partial charge in [-0.25, -0.2) is 9.59 Å².